The molecule has 0 amide bonds. The first-order valence-electron chi connectivity index (χ1n) is 14.6. The van der Waals surface area contributed by atoms with Gasteiger partial charge in [-0.2, -0.15) is 0 Å². The molecule has 2 unspecified atom stereocenters. The van der Waals surface area contributed by atoms with Crippen molar-refractivity contribution in [2.24, 2.45) is 11.3 Å². The van der Waals surface area contributed by atoms with Crippen molar-refractivity contribution >= 4 is 35.2 Å². The maximum Gasteiger partial charge on any atom is 0.171 e. The number of benzene rings is 1. The fraction of sp³-hybridized carbons (Fsp3) is 0.594. The van der Waals surface area contributed by atoms with Crippen LogP contribution < -0.4 is 0 Å². The molecule has 1 N–H and O–H groups in total. The Labute approximate surface area is 239 Å². The lowest BCUT2D eigenvalue weighted by atomic mass is 9.46. The van der Waals surface area contributed by atoms with E-state index in [1.165, 1.54) is 5.56 Å². The highest BCUT2D eigenvalue weighted by Gasteiger charge is 2.62. The SMILES string of the molecule is CC1C2(CCN(Cc3ccccc3)CC2)CC1(O)c1c(Br)cnc2c1ccn2[Si](C(C)C)(C(C)C)C(C)C. The number of halogens is 1. The van der Waals surface area contributed by atoms with Gasteiger partial charge >= 0.3 is 0 Å². The van der Waals surface area contributed by atoms with Gasteiger partial charge in [0, 0.05) is 28.2 Å². The topological polar surface area (TPSA) is 41.3 Å². The van der Waals surface area contributed by atoms with Gasteiger partial charge in [0.15, 0.2) is 8.24 Å². The molecule has 206 valence electrons. The summed E-state index contributed by atoms with van der Waals surface area (Å²) < 4.78 is 3.52. The zero-order valence-corrected chi connectivity index (χ0v) is 26.9. The normalized spacial score (nSPS) is 24.2. The second-order valence-electron chi connectivity index (χ2n) is 13.2. The molecule has 1 saturated heterocycles. The van der Waals surface area contributed by atoms with Crippen LogP contribution in [-0.4, -0.2) is 40.5 Å². The maximum absolute atomic E-state index is 12.3. The van der Waals surface area contributed by atoms with Gasteiger partial charge in [0.1, 0.15) is 5.65 Å². The minimum Gasteiger partial charge on any atom is -0.385 e. The van der Waals surface area contributed by atoms with E-state index in [2.05, 4.69) is 116 Å². The summed E-state index contributed by atoms with van der Waals surface area (Å²) in [5, 5.41) is 13.4. The van der Waals surface area contributed by atoms with Crippen molar-refractivity contribution in [3.8, 4) is 0 Å². The molecule has 1 spiro atoms. The Morgan fingerprint density at radius 1 is 1.00 bits per heavy atom. The van der Waals surface area contributed by atoms with E-state index in [1.807, 2.05) is 6.20 Å². The van der Waals surface area contributed by atoms with Crippen LogP contribution in [0.25, 0.3) is 11.0 Å². The Kier molecular flexibility index (Phi) is 7.51. The van der Waals surface area contributed by atoms with Gasteiger partial charge in [-0.3, -0.25) is 4.90 Å². The number of piperidine rings is 1. The lowest BCUT2D eigenvalue weighted by Crippen LogP contribution is -2.61. The summed E-state index contributed by atoms with van der Waals surface area (Å²) in [6.07, 6.45) is 7.39. The fourth-order valence-corrected chi connectivity index (χ4v) is 16.0. The van der Waals surface area contributed by atoms with Crippen LogP contribution in [0.15, 0.2) is 53.3 Å². The van der Waals surface area contributed by atoms with Crippen LogP contribution in [0.1, 0.15) is 78.9 Å². The van der Waals surface area contributed by atoms with Gasteiger partial charge in [-0.15, -0.1) is 0 Å². The number of fused-ring (bicyclic) bond motifs is 1. The van der Waals surface area contributed by atoms with E-state index in [0.717, 1.165) is 60.0 Å². The molecule has 2 atom stereocenters. The first kappa shape index (κ1) is 28.1. The van der Waals surface area contributed by atoms with E-state index in [0.29, 0.717) is 16.6 Å². The molecule has 1 saturated carbocycles. The van der Waals surface area contributed by atoms with Crippen LogP contribution in [0.5, 0.6) is 0 Å². The Morgan fingerprint density at radius 2 is 1.61 bits per heavy atom. The highest BCUT2D eigenvalue weighted by molar-refractivity contribution is 9.10. The molecule has 0 bridgehead atoms. The minimum absolute atomic E-state index is 0.210. The predicted molar refractivity (Wildman–Crippen MR) is 165 cm³/mol. The van der Waals surface area contributed by atoms with Gasteiger partial charge in [0.05, 0.1) is 5.60 Å². The van der Waals surface area contributed by atoms with Crippen molar-refractivity contribution < 1.29 is 5.11 Å². The summed E-state index contributed by atoms with van der Waals surface area (Å²) >= 11 is 3.83. The lowest BCUT2D eigenvalue weighted by Gasteiger charge is -2.62. The minimum atomic E-state index is -1.95. The third-order valence-corrected chi connectivity index (χ3v) is 18.0. The smallest absolute Gasteiger partial charge is 0.171 e. The highest BCUT2D eigenvalue weighted by Crippen LogP contribution is 2.65. The first-order chi connectivity index (χ1) is 18.0. The molecule has 1 aliphatic heterocycles. The van der Waals surface area contributed by atoms with E-state index in [-0.39, 0.29) is 11.3 Å². The number of hydrogen-bond acceptors (Lipinski definition) is 3. The number of rotatable bonds is 7. The second-order valence-corrected chi connectivity index (χ2v) is 19.8. The van der Waals surface area contributed by atoms with Crippen LogP contribution in [0.2, 0.25) is 16.6 Å². The van der Waals surface area contributed by atoms with Crippen LogP contribution >= 0.6 is 15.9 Å². The Balaban J connectivity index is 1.45. The van der Waals surface area contributed by atoms with Crippen LogP contribution in [0.4, 0.5) is 0 Å². The van der Waals surface area contributed by atoms with Crippen molar-refractivity contribution in [1.82, 2.24) is 14.1 Å². The average Bonchev–Trinajstić information content (AvgIpc) is 3.29. The fourth-order valence-electron chi connectivity index (χ4n) is 8.78. The van der Waals surface area contributed by atoms with Crippen molar-refractivity contribution in [1.29, 1.82) is 0 Å². The predicted octanol–water partition coefficient (Wildman–Crippen LogP) is 8.33. The molecular formula is C32H46BrN3OSi. The number of likely N-dealkylation sites (tertiary alicyclic amines) is 1. The number of aromatic nitrogens is 2. The summed E-state index contributed by atoms with van der Waals surface area (Å²) in [5.74, 6) is 0.210. The number of pyridine rings is 1. The molecular weight excluding hydrogens is 550 g/mol. The molecule has 6 heteroatoms. The Bertz CT molecular complexity index is 1260. The molecule has 38 heavy (non-hydrogen) atoms. The van der Waals surface area contributed by atoms with E-state index in [9.17, 15) is 5.11 Å². The molecule has 2 aliphatic rings. The quantitative estimate of drug-likeness (QED) is 0.279. The monoisotopic (exact) mass is 595 g/mol. The molecule has 1 aromatic carbocycles. The van der Waals surface area contributed by atoms with Crippen molar-refractivity contribution in [3.63, 3.8) is 0 Å². The van der Waals surface area contributed by atoms with Crippen molar-refractivity contribution in [2.75, 3.05) is 13.1 Å². The van der Waals surface area contributed by atoms with E-state index < -0.39 is 13.8 Å². The van der Waals surface area contributed by atoms with Gasteiger partial charge in [0.25, 0.3) is 0 Å². The van der Waals surface area contributed by atoms with Crippen LogP contribution in [0, 0.1) is 11.3 Å². The zero-order chi connectivity index (χ0) is 27.5. The molecule has 0 radical (unpaired) electrons. The van der Waals surface area contributed by atoms with E-state index in [1.54, 1.807) is 0 Å². The summed E-state index contributed by atoms with van der Waals surface area (Å²) in [4.78, 5) is 7.58. The number of aliphatic hydroxyl groups is 1. The average molecular weight is 597 g/mol. The molecule has 5 rings (SSSR count). The number of nitrogens with zero attached hydrogens (tertiary/aromatic N) is 3. The maximum atomic E-state index is 12.3. The molecule has 1 aliphatic carbocycles. The third kappa shape index (κ3) is 4.17. The number of hydrogen-bond donors (Lipinski definition) is 1. The van der Waals surface area contributed by atoms with Gasteiger partial charge in [-0.1, -0.05) is 78.8 Å². The molecule has 2 aromatic heterocycles. The third-order valence-electron chi connectivity index (χ3n) is 10.6. The van der Waals surface area contributed by atoms with Crippen LogP contribution in [0.3, 0.4) is 0 Å². The summed E-state index contributed by atoms with van der Waals surface area (Å²) in [5.41, 5.74) is 4.65. The Hall–Kier alpha value is -1.47. The standard InChI is InChI=1S/C32H46BrN3OSi/c1-22(2)38(23(3)4,24(5)6)36-16-13-27-29(28(33)19-34-30(27)36)32(37)21-31(25(32)7)14-17-35(18-15-31)20-26-11-9-8-10-12-26/h8-13,16,19,22-25,37H,14-15,17-18,20-21H2,1-7H3. The summed E-state index contributed by atoms with van der Waals surface area (Å²) in [7, 11) is -1.95. The molecule has 3 aromatic rings. The van der Waals surface area contributed by atoms with E-state index >= 15 is 0 Å². The lowest BCUT2D eigenvalue weighted by molar-refractivity contribution is -0.212. The molecule has 4 nitrogen and oxygen atoms in total. The zero-order valence-electron chi connectivity index (χ0n) is 24.3. The molecule has 2 fully saturated rings. The van der Waals surface area contributed by atoms with Gasteiger partial charge in [-0.25, -0.2) is 4.98 Å². The van der Waals surface area contributed by atoms with Crippen molar-refractivity contribution in [3.05, 3.63) is 64.4 Å². The molecule has 3 heterocycles. The summed E-state index contributed by atoms with van der Waals surface area (Å²) in [6, 6.07) is 13.0. The van der Waals surface area contributed by atoms with E-state index in [4.69, 9.17) is 4.98 Å². The van der Waals surface area contributed by atoms with Crippen molar-refractivity contribution in [2.45, 2.75) is 96.5 Å². The Morgan fingerprint density at radius 3 is 2.16 bits per heavy atom. The van der Waals surface area contributed by atoms with Gasteiger partial charge < -0.3 is 9.34 Å². The largest absolute Gasteiger partial charge is 0.385 e. The summed E-state index contributed by atoms with van der Waals surface area (Å²) in [6.45, 7) is 19.9. The second kappa shape index (κ2) is 10.2. The van der Waals surface area contributed by atoms with Crippen LogP contribution in [-0.2, 0) is 12.1 Å². The first-order valence-corrected chi connectivity index (χ1v) is 17.6. The highest BCUT2D eigenvalue weighted by atomic mass is 79.9. The van der Waals surface area contributed by atoms with Gasteiger partial charge in [0.2, 0.25) is 0 Å². The van der Waals surface area contributed by atoms with Gasteiger partial charge in [-0.05, 0) is 94.1 Å².